The molecule has 1 aliphatic heterocycles. The van der Waals surface area contributed by atoms with Gasteiger partial charge in [-0.2, -0.15) is 0 Å². The maximum atomic E-state index is 12.6. The lowest BCUT2D eigenvalue weighted by molar-refractivity contribution is -0.117. The standard InChI is InChI=1S/C18H18N4O2/c1-11(2)17-21-20-16-8-7-12(9-22(16)17)19-18(23)14-10-24-15-6-4-3-5-13(14)15/h3-9,11,14H,10H2,1-2H3,(H,19,23). The van der Waals surface area contributed by atoms with Crippen molar-refractivity contribution in [1.29, 1.82) is 0 Å². The van der Waals surface area contributed by atoms with Gasteiger partial charge < -0.3 is 10.1 Å². The maximum absolute atomic E-state index is 12.6. The van der Waals surface area contributed by atoms with Gasteiger partial charge in [0.15, 0.2) is 5.65 Å². The van der Waals surface area contributed by atoms with Gasteiger partial charge in [-0.05, 0) is 18.2 Å². The molecule has 0 saturated heterocycles. The summed E-state index contributed by atoms with van der Waals surface area (Å²) in [6, 6.07) is 11.4. The average molecular weight is 322 g/mol. The summed E-state index contributed by atoms with van der Waals surface area (Å²) >= 11 is 0. The number of rotatable bonds is 3. The number of hydrogen-bond donors (Lipinski definition) is 1. The molecule has 1 N–H and O–H groups in total. The van der Waals surface area contributed by atoms with E-state index in [2.05, 4.69) is 29.4 Å². The number of carbonyl (C=O) groups is 1. The minimum Gasteiger partial charge on any atom is -0.492 e. The molecule has 1 amide bonds. The number of aromatic nitrogens is 3. The van der Waals surface area contributed by atoms with Crippen LogP contribution in [0.1, 0.15) is 37.1 Å². The van der Waals surface area contributed by atoms with Gasteiger partial charge in [0, 0.05) is 17.7 Å². The Morgan fingerprint density at radius 1 is 1.25 bits per heavy atom. The zero-order valence-electron chi connectivity index (χ0n) is 13.6. The van der Waals surface area contributed by atoms with Crippen molar-refractivity contribution in [3.63, 3.8) is 0 Å². The number of pyridine rings is 1. The highest BCUT2D eigenvalue weighted by Gasteiger charge is 2.30. The number of anilines is 1. The van der Waals surface area contributed by atoms with Gasteiger partial charge in [-0.1, -0.05) is 32.0 Å². The van der Waals surface area contributed by atoms with Crippen LogP contribution in [-0.4, -0.2) is 27.1 Å². The second-order valence-corrected chi connectivity index (χ2v) is 6.25. The van der Waals surface area contributed by atoms with Crippen molar-refractivity contribution in [1.82, 2.24) is 14.6 Å². The van der Waals surface area contributed by atoms with Crippen LogP contribution < -0.4 is 10.1 Å². The quantitative estimate of drug-likeness (QED) is 0.805. The molecule has 0 saturated carbocycles. The van der Waals surface area contributed by atoms with Crippen LogP contribution in [0.4, 0.5) is 5.69 Å². The average Bonchev–Trinajstić information content (AvgIpc) is 3.18. The fraction of sp³-hybridized carbons (Fsp3) is 0.278. The monoisotopic (exact) mass is 322 g/mol. The predicted molar refractivity (Wildman–Crippen MR) is 90.4 cm³/mol. The summed E-state index contributed by atoms with van der Waals surface area (Å²) in [5.74, 6) is 1.55. The third kappa shape index (κ3) is 2.40. The normalized spacial score (nSPS) is 16.2. The molecule has 6 heteroatoms. The third-order valence-electron chi connectivity index (χ3n) is 4.23. The van der Waals surface area contributed by atoms with Crippen LogP contribution in [-0.2, 0) is 4.79 Å². The van der Waals surface area contributed by atoms with Crippen LogP contribution in [0.3, 0.4) is 0 Å². The molecule has 2 aromatic heterocycles. The summed E-state index contributed by atoms with van der Waals surface area (Å²) in [5.41, 5.74) is 2.42. The van der Waals surface area contributed by atoms with Crippen molar-refractivity contribution >= 4 is 17.2 Å². The summed E-state index contributed by atoms with van der Waals surface area (Å²) < 4.78 is 7.51. The molecule has 3 heterocycles. The first-order chi connectivity index (χ1) is 11.6. The van der Waals surface area contributed by atoms with Gasteiger partial charge in [0.1, 0.15) is 24.1 Å². The molecule has 0 bridgehead atoms. The van der Waals surface area contributed by atoms with Gasteiger partial charge in [-0.3, -0.25) is 9.20 Å². The Balaban J connectivity index is 1.60. The molecule has 1 atom stereocenters. The van der Waals surface area contributed by atoms with E-state index in [0.717, 1.165) is 28.5 Å². The van der Waals surface area contributed by atoms with Crippen molar-refractivity contribution < 1.29 is 9.53 Å². The lowest BCUT2D eigenvalue weighted by Crippen LogP contribution is -2.22. The van der Waals surface area contributed by atoms with E-state index in [-0.39, 0.29) is 17.7 Å². The van der Waals surface area contributed by atoms with E-state index in [1.165, 1.54) is 0 Å². The van der Waals surface area contributed by atoms with E-state index < -0.39 is 0 Å². The molecule has 0 spiro atoms. The van der Waals surface area contributed by atoms with E-state index in [9.17, 15) is 4.79 Å². The summed E-state index contributed by atoms with van der Waals surface area (Å²) in [6.07, 6.45) is 1.87. The molecule has 0 fully saturated rings. The molecule has 0 radical (unpaired) electrons. The third-order valence-corrected chi connectivity index (χ3v) is 4.23. The molecule has 3 aromatic rings. The summed E-state index contributed by atoms with van der Waals surface area (Å²) in [7, 11) is 0. The zero-order valence-corrected chi connectivity index (χ0v) is 13.6. The highest BCUT2D eigenvalue weighted by atomic mass is 16.5. The van der Waals surface area contributed by atoms with Gasteiger partial charge >= 0.3 is 0 Å². The molecule has 1 aliphatic rings. The molecule has 1 unspecified atom stereocenters. The number of carbonyl (C=O) groups excluding carboxylic acids is 1. The van der Waals surface area contributed by atoms with Gasteiger partial charge in [0.25, 0.3) is 0 Å². The number of fused-ring (bicyclic) bond motifs is 2. The fourth-order valence-electron chi connectivity index (χ4n) is 2.99. The van der Waals surface area contributed by atoms with Crippen molar-refractivity contribution in [2.24, 2.45) is 0 Å². The number of nitrogens with one attached hydrogen (secondary N) is 1. The summed E-state index contributed by atoms with van der Waals surface area (Å²) in [5, 5.41) is 11.3. The Hall–Kier alpha value is -2.89. The highest BCUT2D eigenvalue weighted by molar-refractivity contribution is 5.96. The lowest BCUT2D eigenvalue weighted by atomic mass is 10.0. The minimum atomic E-state index is -0.289. The van der Waals surface area contributed by atoms with Crippen LogP contribution in [0, 0.1) is 0 Å². The van der Waals surface area contributed by atoms with Gasteiger partial charge in [0.2, 0.25) is 5.91 Å². The fourth-order valence-corrected chi connectivity index (χ4v) is 2.99. The molecule has 0 aliphatic carbocycles. The number of ether oxygens (including phenoxy) is 1. The van der Waals surface area contributed by atoms with Gasteiger partial charge in [-0.15, -0.1) is 10.2 Å². The number of amides is 1. The van der Waals surface area contributed by atoms with Crippen LogP contribution >= 0.6 is 0 Å². The van der Waals surface area contributed by atoms with E-state index in [1.54, 1.807) is 0 Å². The first-order valence-electron chi connectivity index (χ1n) is 8.01. The maximum Gasteiger partial charge on any atom is 0.235 e. The van der Waals surface area contributed by atoms with E-state index in [4.69, 9.17) is 4.74 Å². The van der Waals surface area contributed by atoms with Crippen LogP contribution in [0.15, 0.2) is 42.6 Å². The SMILES string of the molecule is CC(C)c1nnc2ccc(NC(=O)C3COc4ccccc43)cn12. The first-order valence-corrected chi connectivity index (χ1v) is 8.01. The molecule has 1 aromatic carbocycles. The van der Waals surface area contributed by atoms with Crippen LogP contribution in [0.5, 0.6) is 5.75 Å². The Kier molecular flexibility index (Phi) is 3.45. The number of benzene rings is 1. The lowest BCUT2D eigenvalue weighted by Gasteiger charge is -2.11. The first kappa shape index (κ1) is 14.7. The number of hydrogen-bond acceptors (Lipinski definition) is 4. The smallest absolute Gasteiger partial charge is 0.235 e. The Morgan fingerprint density at radius 3 is 2.92 bits per heavy atom. The molecular formula is C18H18N4O2. The summed E-state index contributed by atoms with van der Waals surface area (Å²) in [4.78, 5) is 12.6. The van der Waals surface area contributed by atoms with Crippen molar-refractivity contribution in [2.45, 2.75) is 25.7 Å². The number of para-hydroxylation sites is 1. The Labute approximate surface area is 139 Å². The van der Waals surface area contributed by atoms with Crippen LogP contribution in [0.2, 0.25) is 0 Å². The van der Waals surface area contributed by atoms with E-state index >= 15 is 0 Å². The highest BCUT2D eigenvalue weighted by Crippen LogP contribution is 2.34. The molecular weight excluding hydrogens is 304 g/mol. The second-order valence-electron chi connectivity index (χ2n) is 6.25. The molecule has 4 rings (SSSR count). The largest absolute Gasteiger partial charge is 0.492 e. The van der Waals surface area contributed by atoms with Crippen molar-refractivity contribution in [2.75, 3.05) is 11.9 Å². The van der Waals surface area contributed by atoms with E-state index in [1.807, 2.05) is 47.0 Å². The minimum absolute atomic E-state index is 0.0709. The predicted octanol–water partition coefficient (Wildman–Crippen LogP) is 2.97. The topological polar surface area (TPSA) is 68.5 Å². The molecule has 6 nitrogen and oxygen atoms in total. The molecule has 122 valence electrons. The van der Waals surface area contributed by atoms with Gasteiger partial charge in [-0.25, -0.2) is 0 Å². The van der Waals surface area contributed by atoms with Crippen molar-refractivity contribution in [3.8, 4) is 5.75 Å². The Bertz CT molecular complexity index is 916. The van der Waals surface area contributed by atoms with Crippen LogP contribution in [0.25, 0.3) is 5.65 Å². The van der Waals surface area contributed by atoms with E-state index in [0.29, 0.717) is 6.61 Å². The van der Waals surface area contributed by atoms with Crippen molar-refractivity contribution in [3.05, 3.63) is 54.0 Å². The summed E-state index contributed by atoms with van der Waals surface area (Å²) in [6.45, 7) is 4.50. The second kappa shape index (κ2) is 5.63. The van der Waals surface area contributed by atoms with Gasteiger partial charge in [0.05, 0.1) is 5.69 Å². The zero-order chi connectivity index (χ0) is 16.7. The molecule has 24 heavy (non-hydrogen) atoms. The Morgan fingerprint density at radius 2 is 2.08 bits per heavy atom. The number of nitrogens with zero attached hydrogens (tertiary/aromatic N) is 3.